The molecule has 0 unspecified atom stereocenters. The fourth-order valence-electron chi connectivity index (χ4n) is 8.43. The van der Waals surface area contributed by atoms with Crippen molar-refractivity contribution in [3.63, 3.8) is 0 Å². The van der Waals surface area contributed by atoms with E-state index in [1.807, 2.05) is 97.2 Å². The van der Waals surface area contributed by atoms with E-state index in [0.29, 0.717) is 17.0 Å². The van der Waals surface area contributed by atoms with Crippen LogP contribution in [-0.4, -0.2) is 17.9 Å². The lowest BCUT2D eigenvalue weighted by atomic mass is 9.94. The van der Waals surface area contributed by atoms with Crippen molar-refractivity contribution in [1.29, 1.82) is 5.41 Å². The van der Waals surface area contributed by atoms with Crippen molar-refractivity contribution in [2.24, 2.45) is 9.98 Å². The molecule has 0 amide bonds. The van der Waals surface area contributed by atoms with Crippen molar-refractivity contribution < 1.29 is 8.83 Å². The first-order valence-corrected chi connectivity index (χ1v) is 20.6. The largest absolute Gasteiger partial charge is 0.455 e. The lowest BCUT2D eigenvalue weighted by Crippen LogP contribution is -2.05. The Labute approximate surface area is 358 Å². The number of hydrogen-bond acceptors (Lipinski definition) is 3. The second-order valence-electron chi connectivity index (χ2n) is 15.3. The molecule has 0 radical (unpaired) electrons. The fraction of sp³-hybridized carbons (Fsp3) is 0. The van der Waals surface area contributed by atoms with Crippen LogP contribution in [0.1, 0.15) is 16.7 Å². The summed E-state index contributed by atoms with van der Waals surface area (Å²) in [6, 6.07) is 72.2. The van der Waals surface area contributed by atoms with Gasteiger partial charge in [-0.25, -0.2) is 9.98 Å². The van der Waals surface area contributed by atoms with Gasteiger partial charge in [0.25, 0.3) is 0 Å². The zero-order valence-electron chi connectivity index (χ0n) is 33.5. The summed E-state index contributed by atoms with van der Waals surface area (Å²) in [4.78, 5) is 10.1. The summed E-state index contributed by atoms with van der Waals surface area (Å²) in [7, 11) is 0. The molecule has 0 saturated heterocycles. The van der Waals surface area contributed by atoms with E-state index in [9.17, 15) is 5.41 Å². The lowest BCUT2D eigenvalue weighted by molar-refractivity contribution is 0.668. The van der Waals surface area contributed by atoms with Crippen LogP contribution in [0.5, 0.6) is 0 Å². The number of para-hydroxylation sites is 2. The highest BCUT2D eigenvalue weighted by molar-refractivity contribution is 6.22. The third-order valence-electron chi connectivity index (χ3n) is 11.5. The number of nitrogens with one attached hydrogen (secondary N) is 1. The Morgan fingerprint density at radius 2 is 1.00 bits per heavy atom. The van der Waals surface area contributed by atoms with Crippen LogP contribution in [0, 0.1) is 5.41 Å². The van der Waals surface area contributed by atoms with E-state index < -0.39 is 0 Å². The van der Waals surface area contributed by atoms with Crippen LogP contribution in [0.25, 0.3) is 88.4 Å². The number of benzene rings is 9. The van der Waals surface area contributed by atoms with Gasteiger partial charge in [0.05, 0.1) is 5.56 Å². The third-order valence-corrected chi connectivity index (χ3v) is 11.5. The maximum absolute atomic E-state index is 9.44. The van der Waals surface area contributed by atoms with Gasteiger partial charge in [0, 0.05) is 50.0 Å². The summed E-state index contributed by atoms with van der Waals surface area (Å²) < 4.78 is 13.4. The van der Waals surface area contributed by atoms with Crippen molar-refractivity contribution in [2.75, 3.05) is 0 Å². The predicted octanol–water partition coefficient (Wildman–Crippen LogP) is 15.0. The normalized spacial score (nSPS) is 12.0. The van der Waals surface area contributed by atoms with Crippen LogP contribution in [0.4, 0.5) is 0 Å². The second-order valence-corrected chi connectivity index (χ2v) is 15.3. The van der Waals surface area contributed by atoms with Gasteiger partial charge >= 0.3 is 0 Å². The molecule has 2 aromatic heterocycles. The van der Waals surface area contributed by atoms with Gasteiger partial charge in [0.15, 0.2) is 11.7 Å². The summed E-state index contributed by atoms with van der Waals surface area (Å²) in [5.41, 5.74) is 13.7. The highest BCUT2D eigenvalue weighted by atomic mass is 16.3. The molecule has 0 atom stereocenters. The lowest BCUT2D eigenvalue weighted by Gasteiger charge is -2.09. The molecule has 1 N–H and O–H groups in total. The molecule has 9 aromatic carbocycles. The first-order chi connectivity index (χ1) is 30.7. The number of furan rings is 2. The van der Waals surface area contributed by atoms with Gasteiger partial charge in [-0.05, 0) is 63.7 Å². The molecule has 2 heterocycles. The molecule has 292 valence electrons. The molecular formula is C57H37N3O2. The van der Waals surface area contributed by atoms with Crippen LogP contribution in [-0.2, 0) is 0 Å². The quantitative estimate of drug-likeness (QED) is 0.129. The zero-order chi connectivity index (χ0) is 41.4. The summed E-state index contributed by atoms with van der Waals surface area (Å²) in [6.45, 7) is 0. The molecule has 0 fully saturated rings. The Kier molecular flexibility index (Phi) is 9.25. The Morgan fingerprint density at radius 1 is 0.419 bits per heavy atom. The maximum atomic E-state index is 9.44. The van der Waals surface area contributed by atoms with Crippen molar-refractivity contribution >= 4 is 61.8 Å². The van der Waals surface area contributed by atoms with Crippen LogP contribution >= 0.6 is 0 Å². The smallest absolute Gasteiger partial charge is 0.161 e. The van der Waals surface area contributed by atoms with E-state index in [-0.39, 0.29) is 5.84 Å². The van der Waals surface area contributed by atoms with Crippen molar-refractivity contribution in [3.05, 3.63) is 229 Å². The van der Waals surface area contributed by atoms with Gasteiger partial charge in [-0.15, -0.1) is 0 Å². The van der Waals surface area contributed by atoms with Crippen LogP contribution in [0.15, 0.2) is 231 Å². The molecule has 0 aliphatic heterocycles. The van der Waals surface area contributed by atoms with Crippen LogP contribution in [0.2, 0.25) is 0 Å². The number of rotatable bonds is 7. The first-order valence-electron chi connectivity index (χ1n) is 20.6. The number of fused-ring (bicyclic) bond motifs is 6. The molecule has 11 rings (SSSR count). The minimum absolute atomic E-state index is 0.0484. The summed E-state index contributed by atoms with van der Waals surface area (Å²) in [5, 5.41) is 13.3. The molecule has 11 aromatic rings. The van der Waals surface area contributed by atoms with E-state index in [2.05, 4.69) is 121 Å². The Bertz CT molecular complexity index is 3490. The first kappa shape index (κ1) is 36.7. The minimum atomic E-state index is 0.0484. The van der Waals surface area contributed by atoms with Crippen LogP contribution < -0.4 is 0 Å². The average molecular weight is 796 g/mol. The molecule has 0 aliphatic rings. The molecule has 62 heavy (non-hydrogen) atoms. The van der Waals surface area contributed by atoms with Crippen LogP contribution in [0.3, 0.4) is 0 Å². The highest BCUT2D eigenvalue weighted by Crippen LogP contribution is 2.43. The number of aliphatic imine (C=N–C) groups is 2. The molecule has 0 aliphatic carbocycles. The topological polar surface area (TPSA) is 74.8 Å². The Balaban J connectivity index is 1.12. The van der Waals surface area contributed by atoms with E-state index >= 15 is 0 Å². The van der Waals surface area contributed by atoms with E-state index in [1.165, 1.54) is 0 Å². The van der Waals surface area contributed by atoms with Crippen molar-refractivity contribution in [2.45, 2.75) is 0 Å². The Morgan fingerprint density at radius 3 is 1.69 bits per heavy atom. The van der Waals surface area contributed by atoms with E-state index in [0.717, 1.165) is 93.9 Å². The van der Waals surface area contributed by atoms with Crippen molar-refractivity contribution in [1.82, 2.24) is 0 Å². The fourth-order valence-corrected chi connectivity index (χ4v) is 8.43. The van der Waals surface area contributed by atoms with Gasteiger partial charge in [0.2, 0.25) is 0 Å². The highest BCUT2D eigenvalue weighted by Gasteiger charge is 2.21. The molecule has 5 nitrogen and oxygen atoms in total. The SMILES string of the molecule is N=C(N=C(N=Cc1ccc(-c2ccccc2)c2oc3c(-c4ccccc4)cc(-c4ccccc4)cc3c12)c1ccc(-c2ccccc2)cc1)c1cccc2c1oc1ccccc12. The third kappa shape index (κ3) is 6.68. The molecule has 0 saturated carbocycles. The average Bonchev–Trinajstić information content (AvgIpc) is 3.93. The zero-order valence-corrected chi connectivity index (χ0v) is 33.5. The summed E-state index contributed by atoms with van der Waals surface area (Å²) in [5.74, 6) is 0.443. The van der Waals surface area contributed by atoms with Gasteiger partial charge < -0.3 is 8.83 Å². The van der Waals surface area contributed by atoms with E-state index in [1.54, 1.807) is 0 Å². The predicted molar refractivity (Wildman–Crippen MR) is 257 cm³/mol. The number of amidine groups is 2. The molecule has 5 heteroatoms. The van der Waals surface area contributed by atoms with Gasteiger partial charge in [-0.2, -0.15) is 0 Å². The van der Waals surface area contributed by atoms with Gasteiger partial charge in [-0.1, -0.05) is 182 Å². The molecule has 0 spiro atoms. The summed E-state index contributed by atoms with van der Waals surface area (Å²) in [6.07, 6.45) is 1.86. The number of nitrogens with zero attached hydrogens (tertiary/aromatic N) is 2. The standard InChI is InChI=1S/C57H37N3O2/c58-56(48-26-15-25-47-46-24-13-14-27-51(46)61-53(47)48)60-57(42-30-28-39(29-31-42)37-16-5-1-6-17-37)59-36-43-32-33-45(40-20-9-3-10-21-40)55-52(43)50-35-44(38-18-7-2-8-19-38)34-49(54(50)62-55)41-22-11-4-12-23-41/h1-36,58H. The number of hydrogen-bond donors (Lipinski definition) is 1. The molecule has 0 bridgehead atoms. The minimum Gasteiger partial charge on any atom is -0.455 e. The summed E-state index contributed by atoms with van der Waals surface area (Å²) >= 11 is 0. The molecular weight excluding hydrogens is 759 g/mol. The van der Waals surface area contributed by atoms with Crippen molar-refractivity contribution in [3.8, 4) is 44.5 Å². The van der Waals surface area contributed by atoms with Gasteiger partial charge in [0.1, 0.15) is 22.3 Å². The monoisotopic (exact) mass is 795 g/mol. The van der Waals surface area contributed by atoms with E-state index in [4.69, 9.17) is 18.8 Å². The Hall–Kier alpha value is -8.41. The maximum Gasteiger partial charge on any atom is 0.161 e. The second kappa shape index (κ2) is 15.6. The van der Waals surface area contributed by atoms with Gasteiger partial charge in [-0.3, -0.25) is 5.41 Å².